The summed E-state index contributed by atoms with van der Waals surface area (Å²) in [5, 5.41) is 14.2. The van der Waals surface area contributed by atoms with Crippen molar-refractivity contribution < 1.29 is 13.2 Å². The van der Waals surface area contributed by atoms with E-state index in [1.165, 1.54) is 11.8 Å². The third kappa shape index (κ3) is 4.18. The van der Waals surface area contributed by atoms with Gasteiger partial charge in [0.25, 0.3) is 0 Å². The molecule has 0 aliphatic carbocycles. The van der Waals surface area contributed by atoms with Gasteiger partial charge < -0.3 is 5.32 Å². The van der Waals surface area contributed by atoms with Crippen molar-refractivity contribution in [3.05, 3.63) is 29.3 Å². The van der Waals surface area contributed by atoms with Crippen LogP contribution in [-0.4, -0.2) is 63.2 Å². The van der Waals surface area contributed by atoms with Crippen LogP contribution in [0.4, 0.5) is 0 Å². The van der Waals surface area contributed by atoms with Gasteiger partial charge in [0.2, 0.25) is 11.1 Å². The molecule has 1 amide bonds. The van der Waals surface area contributed by atoms with Gasteiger partial charge in [0, 0.05) is 0 Å². The largest absolute Gasteiger partial charge is 0.350 e. The first-order chi connectivity index (χ1) is 12.3. The third-order valence-corrected chi connectivity index (χ3v) is 7.50. The van der Waals surface area contributed by atoms with E-state index in [4.69, 9.17) is 11.6 Å². The minimum Gasteiger partial charge on any atom is -0.350 e. The third-order valence-electron chi connectivity index (χ3n) is 4.21. The number of aromatic nitrogens is 4. The van der Waals surface area contributed by atoms with E-state index < -0.39 is 21.3 Å². The predicted octanol–water partition coefficient (Wildman–Crippen LogP) is 0.892. The number of thioether (sulfide) groups is 1. The topological polar surface area (TPSA) is 107 Å². The number of alkyl halides is 1. The Hall–Kier alpha value is -1.65. The lowest BCUT2D eigenvalue weighted by molar-refractivity contribution is -0.119. The van der Waals surface area contributed by atoms with Gasteiger partial charge in [0.15, 0.2) is 9.84 Å². The maximum absolute atomic E-state index is 12.2. The van der Waals surface area contributed by atoms with Gasteiger partial charge in [-0.3, -0.25) is 4.79 Å². The number of nitrogens with zero attached hydrogens (tertiary/aromatic N) is 4. The average molecular weight is 416 g/mol. The van der Waals surface area contributed by atoms with Crippen molar-refractivity contribution in [2.45, 2.75) is 30.4 Å². The monoisotopic (exact) mass is 415 g/mol. The second-order valence-corrected chi connectivity index (χ2v) is 9.80. The maximum Gasteiger partial charge on any atom is 0.230 e. The number of aryl methyl sites for hydroxylation is 1. The molecule has 140 valence electrons. The van der Waals surface area contributed by atoms with E-state index in [9.17, 15) is 13.2 Å². The highest BCUT2D eigenvalue weighted by Gasteiger charge is 2.37. The number of carbonyl (C=O) groups excluding carboxylic acids is 1. The van der Waals surface area contributed by atoms with Crippen LogP contribution in [0.15, 0.2) is 23.4 Å². The highest BCUT2D eigenvalue weighted by atomic mass is 35.5. The van der Waals surface area contributed by atoms with Gasteiger partial charge in [-0.15, -0.1) is 16.7 Å². The first-order valence-corrected chi connectivity index (χ1v) is 11.1. The van der Waals surface area contributed by atoms with E-state index in [0.29, 0.717) is 5.16 Å². The van der Waals surface area contributed by atoms with Gasteiger partial charge in [-0.1, -0.05) is 23.9 Å². The molecule has 0 radical (unpaired) electrons. The Kier molecular flexibility index (Phi) is 5.54. The maximum atomic E-state index is 12.2. The van der Waals surface area contributed by atoms with E-state index in [-0.39, 0.29) is 23.2 Å². The zero-order valence-corrected chi connectivity index (χ0v) is 16.6. The lowest BCUT2D eigenvalue weighted by Crippen LogP contribution is -2.41. The predicted molar refractivity (Wildman–Crippen MR) is 99.6 cm³/mol. The number of hydrogen-bond acceptors (Lipinski definition) is 7. The highest BCUT2D eigenvalue weighted by Crippen LogP contribution is 2.23. The molecule has 26 heavy (non-hydrogen) atoms. The summed E-state index contributed by atoms with van der Waals surface area (Å²) in [6.45, 7) is 3.98. The molecule has 0 saturated carbocycles. The van der Waals surface area contributed by atoms with Crippen molar-refractivity contribution in [1.82, 2.24) is 25.5 Å². The molecule has 1 aromatic heterocycles. The Morgan fingerprint density at radius 3 is 2.85 bits per heavy atom. The van der Waals surface area contributed by atoms with Crippen molar-refractivity contribution in [3.8, 4) is 5.69 Å². The van der Waals surface area contributed by atoms with E-state index in [2.05, 4.69) is 20.8 Å². The number of nitrogens with one attached hydrogen (secondary N) is 1. The fraction of sp³-hybridized carbons (Fsp3) is 0.467. The van der Waals surface area contributed by atoms with Crippen LogP contribution in [-0.2, 0) is 14.6 Å². The SMILES string of the molecule is Cc1cccc(-n2nnnc2SCC(=O)N[C@H]2CS(=O)(=O)C[C@H]2Cl)c1C. The van der Waals surface area contributed by atoms with Gasteiger partial charge in [0.05, 0.1) is 34.4 Å². The first kappa shape index (κ1) is 19.1. The lowest BCUT2D eigenvalue weighted by atomic mass is 10.1. The second-order valence-electron chi connectivity index (χ2n) is 6.15. The van der Waals surface area contributed by atoms with E-state index in [1.54, 1.807) is 4.68 Å². The van der Waals surface area contributed by atoms with Crippen LogP contribution in [0.2, 0.25) is 0 Å². The Morgan fingerprint density at radius 1 is 1.38 bits per heavy atom. The fourth-order valence-corrected chi connectivity index (χ4v) is 5.95. The quantitative estimate of drug-likeness (QED) is 0.570. The van der Waals surface area contributed by atoms with Crippen LogP contribution in [0.5, 0.6) is 0 Å². The number of carbonyl (C=O) groups is 1. The molecule has 1 aliphatic heterocycles. The summed E-state index contributed by atoms with van der Waals surface area (Å²) in [6.07, 6.45) is 0. The number of benzene rings is 1. The Bertz CT molecular complexity index is 931. The molecule has 2 aromatic rings. The molecule has 8 nitrogen and oxygen atoms in total. The van der Waals surface area contributed by atoms with Crippen LogP contribution < -0.4 is 5.32 Å². The molecule has 1 fully saturated rings. The second kappa shape index (κ2) is 7.53. The number of rotatable bonds is 5. The first-order valence-electron chi connectivity index (χ1n) is 7.88. The van der Waals surface area contributed by atoms with E-state index in [1.807, 2.05) is 32.0 Å². The number of sulfone groups is 1. The summed E-state index contributed by atoms with van der Waals surface area (Å²) < 4.78 is 24.7. The molecule has 3 rings (SSSR count). The molecular weight excluding hydrogens is 398 g/mol. The molecule has 1 aliphatic rings. The van der Waals surface area contributed by atoms with Crippen LogP contribution in [0.1, 0.15) is 11.1 Å². The van der Waals surface area contributed by atoms with Crippen molar-refractivity contribution in [3.63, 3.8) is 0 Å². The molecule has 0 unspecified atom stereocenters. The molecule has 0 bridgehead atoms. The lowest BCUT2D eigenvalue weighted by Gasteiger charge is -2.14. The molecular formula is C15H18ClN5O3S2. The zero-order chi connectivity index (χ0) is 18.9. The van der Waals surface area contributed by atoms with Crippen molar-refractivity contribution >= 4 is 39.1 Å². The standard InChI is InChI=1S/C15H18ClN5O3S2/c1-9-4-3-5-13(10(9)2)21-15(18-19-20-21)25-6-14(22)17-12-8-26(23,24)7-11(12)16/h3-5,11-12H,6-8H2,1-2H3,(H,17,22)/t11-,12+/m1/s1. The van der Waals surface area contributed by atoms with Gasteiger partial charge in [-0.05, 0) is 41.5 Å². The molecule has 1 saturated heterocycles. The van der Waals surface area contributed by atoms with Crippen molar-refractivity contribution in [2.24, 2.45) is 0 Å². The fourth-order valence-electron chi connectivity index (χ4n) is 2.70. The molecule has 0 spiro atoms. The van der Waals surface area contributed by atoms with Gasteiger partial charge in [-0.25, -0.2) is 8.42 Å². The minimum absolute atomic E-state index is 0.0609. The average Bonchev–Trinajstić information content (AvgIpc) is 3.12. The van der Waals surface area contributed by atoms with Gasteiger partial charge in [0.1, 0.15) is 0 Å². The van der Waals surface area contributed by atoms with Crippen LogP contribution >= 0.6 is 23.4 Å². The van der Waals surface area contributed by atoms with E-state index >= 15 is 0 Å². The van der Waals surface area contributed by atoms with Crippen molar-refractivity contribution in [2.75, 3.05) is 17.3 Å². The van der Waals surface area contributed by atoms with Gasteiger partial charge >= 0.3 is 0 Å². The van der Waals surface area contributed by atoms with Crippen LogP contribution in [0.25, 0.3) is 5.69 Å². The molecule has 2 atom stereocenters. The molecule has 11 heteroatoms. The number of tetrazole rings is 1. The summed E-state index contributed by atoms with van der Waals surface area (Å²) in [7, 11) is -3.19. The summed E-state index contributed by atoms with van der Waals surface area (Å²) in [5.74, 6) is -0.487. The Labute approximate surface area is 160 Å². The normalized spacial score (nSPS) is 21.7. The van der Waals surface area contributed by atoms with Crippen LogP contribution in [0, 0.1) is 13.8 Å². The summed E-state index contributed by atoms with van der Waals surface area (Å²) in [4.78, 5) is 12.2. The van der Waals surface area contributed by atoms with Gasteiger partial charge in [-0.2, -0.15) is 4.68 Å². The Balaban J connectivity index is 1.65. The van der Waals surface area contributed by atoms with E-state index in [0.717, 1.165) is 16.8 Å². The number of hydrogen-bond donors (Lipinski definition) is 1. The van der Waals surface area contributed by atoms with Crippen molar-refractivity contribution in [1.29, 1.82) is 0 Å². The number of halogens is 1. The summed E-state index contributed by atoms with van der Waals surface area (Å²) >= 11 is 7.18. The Morgan fingerprint density at radius 2 is 2.15 bits per heavy atom. The minimum atomic E-state index is -3.19. The summed E-state index contributed by atoms with van der Waals surface area (Å²) in [5.41, 5.74) is 3.01. The smallest absolute Gasteiger partial charge is 0.230 e. The highest BCUT2D eigenvalue weighted by molar-refractivity contribution is 7.99. The number of amides is 1. The zero-order valence-electron chi connectivity index (χ0n) is 14.2. The molecule has 1 aromatic carbocycles. The molecule has 2 heterocycles. The molecule has 1 N–H and O–H groups in total. The summed E-state index contributed by atoms with van der Waals surface area (Å²) in [6, 6.07) is 5.26. The van der Waals surface area contributed by atoms with Crippen LogP contribution in [0.3, 0.4) is 0 Å².